The quantitative estimate of drug-likeness (QED) is 0.619. The first kappa shape index (κ1) is 14.8. The molecule has 0 bridgehead atoms. The highest BCUT2D eigenvalue weighted by molar-refractivity contribution is 7.87. The van der Waals surface area contributed by atoms with Crippen molar-refractivity contribution >= 4 is 27.4 Å². The Morgan fingerprint density at radius 2 is 2.12 bits per heavy atom. The van der Waals surface area contributed by atoms with E-state index in [0.29, 0.717) is 11.5 Å². The van der Waals surface area contributed by atoms with Crippen molar-refractivity contribution in [1.82, 2.24) is 9.44 Å². The Morgan fingerprint density at radius 1 is 1.47 bits per heavy atom. The first-order valence-electron chi connectivity index (χ1n) is 5.88. The largest absolute Gasteiger partial charge is 0.393 e. The van der Waals surface area contributed by atoms with E-state index in [1.54, 1.807) is 0 Å². The average molecular weight is 279 g/mol. The highest BCUT2D eigenvalue weighted by atomic mass is 32.2. The third kappa shape index (κ3) is 4.87. The molecule has 5 nitrogen and oxygen atoms in total. The zero-order valence-electron chi connectivity index (χ0n) is 10.3. The minimum absolute atomic E-state index is 0.0133. The monoisotopic (exact) mass is 279 g/mol. The van der Waals surface area contributed by atoms with Crippen LogP contribution >= 0.6 is 12.2 Å². The van der Waals surface area contributed by atoms with Crippen LogP contribution in [0.25, 0.3) is 0 Å². The fourth-order valence-electron chi connectivity index (χ4n) is 1.96. The van der Waals surface area contributed by atoms with Crippen LogP contribution in [0.2, 0.25) is 0 Å². The van der Waals surface area contributed by atoms with Crippen molar-refractivity contribution in [3.63, 3.8) is 0 Å². The average Bonchev–Trinajstić information content (AvgIpc) is 2.62. The molecule has 17 heavy (non-hydrogen) atoms. The van der Waals surface area contributed by atoms with Crippen LogP contribution in [0.4, 0.5) is 0 Å². The van der Waals surface area contributed by atoms with Gasteiger partial charge in [0.05, 0.1) is 4.99 Å². The summed E-state index contributed by atoms with van der Waals surface area (Å²) in [6.45, 7) is 4.34. The van der Waals surface area contributed by atoms with Gasteiger partial charge in [0, 0.05) is 18.5 Å². The molecule has 1 rings (SSSR count). The normalized spacial score (nSPS) is 25.4. The van der Waals surface area contributed by atoms with Gasteiger partial charge >= 0.3 is 0 Å². The van der Waals surface area contributed by atoms with E-state index in [1.165, 1.54) is 0 Å². The summed E-state index contributed by atoms with van der Waals surface area (Å²) in [5.74, 6) is 0.266. The van der Waals surface area contributed by atoms with E-state index in [9.17, 15) is 8.42 Å². The smallest absolute Gasteiger partial charge is 0.277 e. The summed E-state index contributed by atoms with van der Waals surface area (Å²) < 4.78 is 28.7. The Hall–Kier alpha value is -0.240. The molecule has 0 aromatic carbocycles. The topological polar surface area (TPSA) is 84.2 Å². The van der Waals surface area contributed by atoms with E-state index in [4.69, 9.17) is 18.0 Å². The Morgan fingerprint density at radius 3 is 2.65 bits per heavy atom. The Bertz CT molecular complexity index is 368. The molecule has 1 aliphatic carbocycles. The molecule has 2 unspecified atom stereocenters. The molecule has 0 aliphatic heterocycles. The molecule has 7 heteroatoms. The van der Waals surface area contributed by atoms with Gasteiger partial charge < -0.3 is 5.73 Å². The number of nitrogens with one attached hydrogen (secondary N) is 2. The van der Waals surface area contributed by atoms with Gasteiger partial charge in [-0.25, -0.2) is 4.72 Å². The third-order valence-electron chi connectivity index (χ3n) is 2.87. The summed E-state index contributed by atoms with van der Waals surface area (Å²) in [6.07, 6.45) is 2.62. The molecule has 1 fully saturated rings. The molecule has 2 atom stereocenters. The van der Waals surface area contributed by atoms with E-state index in [2.05, 4.69) is 9.44 Å². The maximum atomic E-state index is 11.8. The Balaban J connectivity index is 2.55. The van der Waals surface area contributed by atoms with Gasteiger partial charge in [0.2, 0.25) is 0 Å². The van der Waals surface area contributed by atoms with Gasteiger partial charge in [-0.15, -0.1) is 0 Å². The highest BCUT2D eigenvalue weighted by Crippen LogP contribution is 2.26. The molecule has 0 heterocycles. The van der Waals surface area contributed by atoms with Crippen molar-refractivity contribution in [2.24, 2.45) is 17.6 Å². The molecule has 0 saturated heterocycles. The van der Waals surface area contributed by atoms with E-state index in [1.807, 2.05) is 13.8 Å². The standard InChI is InChI=1S/C10H21N3O2S2/c1-7(2)6-12-17(14,15)13-9-5-3-4-8(9)10(11)16/h7-9,12-13H,3-6H2,1-2H3,(H2,11,16). The van der Waals surface area contributed by atoms with Crippen LogP contribution in [0.1, 0.15) is 33.1 Å². The van der Waals surface area contributed by atoms with Crippen LogP contribution in [-0.4, -0.2) is 26.0 Å². The zero-order chi connectivity index (χ0) is 13.1. The second-order valence-corrected chi connectivity index (χ2v) is 6.91. The summed E-state index contributed by atoms with van der Waals surface area (Å²) in [7, 11) is -3.44. The van der Waals surface area contributed by atoms with Crippen LogP contribution < -0.4 is 15.2 Å². The second kappa shape index (κ2) is 6.08. The summed E-state index contributed by atoms with van der Waals surface area (Å²) in [4.78, 5) is 0.402. The molecular weight excluding hydrogens is 258 g/mol. The van der Waals surface area contributed by atoms with Crippen LogP contribution in [0.15, 0.2) is 0 Å². The van der Waals surface area contributed by atoms with Crippen molar-refractivity contribution in [3.05, 3.63) is 0 Å². The SMILES string of the molecule is CC(C)CNS(=O)(=O)NC1CCCC1C(N)=S. The molecule has 100 valence electrons. The van der Waals surface area contributed by atoms with Gasteiger partial charge in [-0.05, 0) is 18.8 Å². The van der Waals surface area contributed by atoms with Gasteiger partial charge in [0.15, 0.2) is 0 Å². The van der Waals surface area contributed by atoms with Crippen LogP contribution in [0.3, 0.4) is 0 Å². The molecule has 0 aromatic rings. The molecule has 0 aromatic heterocycles. The van der Waals surface area contributed by atoms with Crippen molar-refractivity contribution < 1.29 is 8.42 Å². The molecule has 0 amide bonds. The van der Waals surface area contributed by atoms with Gasteiger partial charge in [0.1, 0.15) is 0 Å². The van der Waals surface area contributed by atoms with Crippen molar-refractivity contribution in [3.8, 4) is 0 Å². The van der Waals surface area contributed by atoms with Gasteiger partial charge in [-0.2, -0.15) is 13.1 Å². The van der Waals surface area contributed by atoms with Crippen molar-refractivity contribution in [2.75, 3.05) is 6.54 Å². The van der Waals surface area contributed by atoms with Crippen LogP contribution in [0, 0.1) is 11.8 Å². The van der Waals surface area contributed by atoms with Crippen LogP contribution in [-0.2, 0) is 10.2 Å². The van der Waals surface area contributed by atoms with Crippen LogP contribution in [0.5, 0.6) is 0 Å². The first-order valence-corrected chi connectivity index (χ1v) is 7.77. The fraction of sp³-hybridized carbons (Fsp3) is 0.900. The molecule has 0 radical (unpaired) electrons. The second-order valence-electron chi connectivity index (χ2n) is 4.91. The van der Waals surface area contributed by atoms with E-state index in [0.717, 1.165) is 19.3 Å². The summed E-state index contributed by atoms with van der Waals surface area (Å²) in [6, 6.07) is -0.155. The zero-order valence-corrected chi connectivity index (χ0v) is 11.9. The minimum atomic E-state index is -3.44. The maximum absolute atomic E-state index is 11.8. The summed E-state index contributed by atoms with van der Waals surface area (Å²) >= 11 is 4.95. The first-order chi connectivity index (χ1) is 7.82. The van der Waals surface area contributed by atoms with E-state index >= 15 is 0 Å². The maximum Gasteiger partial charge on any atom is 0.277 e. The Labute approximate surface area is 109 Å². The predicted molar refractivity (Wildman–Crippen MR) is 72.8 cm³/mol. The molecule has 1 saturated carbocycles. The molecule has 4 N–H and O–H groups in total. The lowest BCUT2D eigenvalue weighted by atomic mass is 10.1. The van der Waals surface area contributed by atoms with Gasteiger partial charge in [-0.1, -0.05) is 32.5 Å². The van der Waals surface area contributed by atoms with E-state index < -0.39 is 10.2 Å². The number of nitrogens with two attached hydrogens (primary N) is 1. The minimum Gasteiger partial charge on any atom is -0.393 e. The highest BCUT2D eigenvalue weighted by Gasteiger charge is 2.32. The number of thiocarbonyl (C=S) groups is 1. The number of rotatable bonds is 6. The van der Waals surface area contributed by atoms with Gasteiger partial charge in [-0.3, -0.25) is 0 Å². The third-order valence-corrected chi connectivity index (χ3v) is 4.33. The summed E-state index contributed by atoms with van der Waals surface area (Å²) in [5, 5.41) is 0. The fourth-order valence-corrected chi connectivity index (χ4v) is 3.56. The lowest BCUT2D eigenvalue weighted by Crippen LogP contribution is -2.47. The molecule has 0 spiro atoms. The van der Waals surface area contributed by atoms with Gasteiger partial charge in [0.25, 0.3) is 10.2 Å². The number of hydrogen-bond donors (Lipinski definition) is 3. The lowest BCUT2D eigenvalue weighted by Gasteiger charge is -2.20. The molecular formula is C10H21N3O2S2. The predicted octanol–water partition coefficient (Wildman–Crippen LogP) is 0.521. The molecule has 1 aliphatic rings. The van der Waals surface area contributed by atoms with E-state index in [-0.39, 0.29) is 17.9 Å². The van der Waals surface area contributed by atoms with Crippen molar-refractivity contribution in [2.45, 2.75) is 39.2 Å². The number of hydrogen-bond acceptors (Lipinski definition) is 3. The lowest BCUT2D eigenvalue weighted by molar-refractivity contribution is 0.506. The summed E-state index contributed by atoms with van der Waals surface area (Å²) in [5.41, 5.74) is 5.61. The van der Waals surface area contributed by atoms with Crippen molar-refractivity contribution in [1.29, 1.82) is 0 Å². The Kier molecular flexibility index (Phi) is 5.30.